The minimum absolute atomic E-state index is 0.181. The lowest BCUT2D eigenvalue weighted by molar-refractivity contribution is -0.142. The van der Waals surface area contributed by atoms with Gasteiger partial charge in [-0.15, -0.1) is 0 Å². The second kappa shape index (κ2) is 8.35. The predicted molar refractivity (Wildman–Crippen MR) is 78.4 cm³/mol. The lowest BCUT2D eigenvalue weighted by atomic mass is 10.0. The first-order valence-electron chi connectivity index (χ1n) is 7.05. The molecular weight excluding hydrogens is 254 g/mol. The SMILES string of the molecule is CC(C)CCC(=O)NC(CCc1ccccc1)C(=O)O. The van der Waals surface area contributed by atoms with Crippen molar-refractivity contribution in [3.63, 3.8) is 0 Å². The standard InChI is InChI=1S/C16H23NO3/c1-12(2)8-11-15(18)17-14(16(19)20)10-9-13-6-4-3-5-7-13/h3-7,12,14H,8-11H2,1-2H3,(H,17,18)(H,19,20). The molecule has 0 aliphatic heterocycles. The van der Waals surface area contributed by atoms with Crippen LogP contribution in [0.15, 0.2) is 30.3 Å². The molecule has 20 heavy (non-hydrogen) atoms. The molecule has 4 nitrogen and oxygen atoms in total. The van der Waals surface area contributed by atoms with Gasteiger partial charge in [-0.25, -0.2) is 4.79 Å². The second-order valence-corrected chi connectivity index (χ2v) is 5.42. The molecule has 0 radical (unpaired) electrons. The number of carbonyl (C=O) groups is 2. The van der Waals surface area contributed by atoms with E-state index in [9.17, 15) is 9.59 Å². The summed E-state index contributed by atoms with van der Waals surface area (Å²) in [6.45, 7) is 4.08. The van der Waals surface area contributed by atoms with Crippen molar-refractivity contribution in [2.75, 3.05) is 0 Å². The maximum atomic E-state index is 11.7. The van der Waals surface area contributed by atoms with E-state index in [2.05, 4.69) is 5.32 Å². The second-order valence-electron chi connectivity index (χ2n) is 5.42. The summed E-state index contributed by atoms with van der Waals surface area (Å²) in [5.41, 5.74) is 1.08. The molecule has 110 valence electrons. The van der Waals surface area contributed by atoms with Crippen LogP contribution in [-0.4, -0.2) is 23.0 Å². The Morgan fingerprint density at radius 3 is 2.35 bits per heavy atom. The summed E-state index contributed by atoms with van der Waals surface area (Å²) in [4.78, 5) is 22.9. The lowest BCUT2D eigenvalue weighted by Gasteiger charge is -2.15. The van der Waals surface area contributed by atoms with Crippen LogP contribution >= 0.6 is 0 Å². The normalized spacial score (nSPS) is 12.2. The van der Waals surface area contributed by atoms with Crippen LogP contribution < -0.4 is 5.32 Å². The van der Waals surface area contributed by atoms with Crippen LogP contribution in [0.3, 0.4) is 0 Å². The van der Waals surface area contributed by atoms with E-state index in [1.807, 2.05) is 44.2 Å². The van der Waals surface area contributed by atoms with Crippen molar-refractivity contribution in [1.82, 2.24) is 5.32 Å². The van der Waals surface area contributed by atoms with Crippen LogP contribution in [0, 0.1) is 5.92 Å². The zero-order valence-electron chi connectivity index (χ0n) is 12.1. The molecule has 0 aliphatic carbocycles. The summed E-state index contributed by atoms with van der Waals surface area (Å²) in [6.07, 6.45) is 2.21. The van der Waals surface area contributed by atoms with Gasteiger partial charge in [-0.1, -0.05) is 44.2 Å². The van der Waals surface area contributed by atoms with E-state index in [0.717, 1.165) is 12.0 Å². The van der Waals surface area contributed by atoms with Crippen LogP contribution in [0.2, 0.25) is 0 Å². The third kappa shape index (κ3) is 6.36. The van der Waals surface area contributed by atoms with E-state index in [-0.39, 0.29) is 5.91 Å². The van der Waals surface area contributed by atoms with Gasteiger partial charge < -0.3 is 10.4 Å². The van der Waals surface area contributed by atoms with Crippen molar-refractivity contribution >= 4 is 11.9 Å². The Labute approximate surface area is 120 Å². The van der Waals surface area contributed by atoms with Crippen molar-refractivity contribution in [3.05, 3.63) is 35.9 Å². The molecule has 4 heteroatoms. The fraction of sp³-hybridized carbons (Fsp3) is 0.500. The molecular formula is C16H23NO3. The van der Waals surface area contributed by atoms with Gasteiger partial charge in [0.1, 0.15) is 6.04 Å². The minimum atomic E-state index is -0.973. The predicted octanol–water partition coefficient (Wildman–Crippen LogP) is 2.62. The number of carbonyl (C=O) groups excluding carboxylic acids is 1. The van der Waals surface area contributed by atoms with Gasteiger partial charge in [0.2, 0.25) is 5.91 Å². The molecule has 1 atom stereocenters. The molecule has 2 N–H and O–H groups in total. The van der Waals surface area contributed by atoms with E-state index >= 15 is 0 Å². The van der Waals surface area contributed by atoms with Crippen LogP contribution in [0.25, 0.3) is 0 Å². The zero-order chi connectivity index (χ0) is 15.0. The first kappa shape index (κ1) is 16.2. The smallest absolute Gasteiger partial charge is 0.326 e. The number of nitrogens with one attached hydrogen (secondary N) is 1. The Bertz CT molecular complexity index is 429. The van der Waals surface area contributed by atoms with Crippen LogP contribution in [0.1, 0.15) is 38.7 Å². The van der Waals surface area contributed by atoms with Crippen LogP contribution in [-0.2, 0) is 16.0 Å². The van der Waals surface area contributed by atoms with Crippen molar-refractivity contribution in [2.24, 2.45) is 5.92 Å². The van der Waals surface area contributed by atoms with Crippen LogP contribution in [0.5, 0.6) is 0 Å². The van der Waals surface area contributed by atoms with Gasteiger partial charge in [0.05, 0.1) is 0 Å². The molecule has 1 amide bonds. The average molecular weight is 277 g/mol. The topological polar surface area (TPSA) is 66.4 Å². The summed E-state index contributed by atoms with van der Waals surface area (Å²) in [7, 11) is 0. The maximum Gasteiger partial charge on any atom is 0.326 e. The molecule has 0 bridgehead atoms. The first-order chi connectivity index (χ1) is 9.49. The van der Waals surface area contributed by atoms with Gasteiger partial charge in [0.15, 0.2) is 0 Å². The van der Waals surface area contributed by atoms with E-state index in [4.69, 9.17) is 5.11 Å². The molecule has 1 aromatic carbocycles. The van der Waals surface area contributed by atoms with Gasteiger partial charge in [0.25, 0.3) is 0 Å². The summed E-state index contributed by atoms with van der Waals surface area (Å²) in [6, 6.07) is 8.87. The number of hydrogen-bond acceptors (Lipinski definition) is 2. The molecule has 0 heterocycles. The van der Waals surface area contributed by atoms with Gasteiger partial charge in [-0.05, 0) is 30.7 Å². The van der Waals surface area contributed by atoms with Gasteiger partial charge >= 0.3 is 5.97 Å². The number of aliphatic carboxylic acids is 1. The molecule has 1 rings (SSSR count). The highest BCUT2D eigenvalue weighted by atomic mass is 16.4. The number of carboxylic acid groups (broad SMARTS) is 1. The first-order valence-corrected chi connectivity index (χ1v) is 7.05. The van der Waals surface area contributed by atoms with Gasteiger partial charge in [-0.2, -0.15) is 0 Å². The maximum absolute atomic E-state index is 11.7. The molecule has 0 saturated carbocycles. The van der Waals surface area contributed by atoms with Crippen molar-refractivity contribution in [3.8, 4) is 0 Å². The third-order valence-electron chi connectivity index (χ3n) is 3.15. The largest absolute Gasteiger partial charge is 0.480 e. The van der Waals surface area contributed by atoms with Crippen molar-refractivity contribution in [2.45, 2.75) is 45.6 Å². The lowest BCUT2D eigenvalue weighted by Crippen LogP contribution is -2.41. The Kier molecular flexibility index (Phi) is 6.77. The Balaban J connectivity index is 2.44. The monoisotopic (exact) mass is 277 g/mol. The number of carboxylic acids is 1. The highest BCUT2D eigenvalue weighted by molar-refractivity contribution is 5.83. The fourth-order valence-corrected chi connectivity index (χ4v) is 1.90. The van der Waals surface area contributed by atoms with E-state index in [1.165, 1.54) is 0 Å². The quantitative estimate of drug-likeness (QED) is 0.767. The zero-order valence-corrected chi connectivity index (χ0v) is 12.1. The minimum Gasteiger partial charge on any atom is -0.480 e. The number of aryl methyl sites for hydroxylation is 1. The number of hydrogen-bond donors (Lipinski definition) is 2. The van der Waals surface area contributed by atoms with E-state index in [1.54, 1.807) is 0 Å². The fourth-order valence-electron chi connectivity index (χ4n) is 1.90. The average Bonchev–Trinajstić information content (AvgIpc) is 2.42. The summed E-state index contributed by atoms with van der Waals surface area (Å²) in [5.74, 6) is -0.716. The Morgan fingerprint density at radius 2 is 1.80 bits per heavy atom. The Morgan fingerprint density at radius 1 is 1.15 bits per heavy atom. The van der Waals surface area contributed by atoms with Gasteiger partial charge in [0, 0.05) is 6.42 Å². The van der Waals surface area contributed by atoms with Crippen molar-refractivity contribution < 1.29 is 14.7 Å². The van der Waals surface area contributed by atoms with Gasteiger partial charge in [-0.3, -0.25) is 4.79 Å². The summed E-state index contributed by atoms with van der Waals surface area (Å²) in [5, 5.41) is 11.8. The number of benzene rings is 1. The molecule has 1 aromatic rings. The third-order valence-corrected chi connectivity index (χ3v) is 3.15. The summed E-state index contributed by atoms with van der Waals surface area (Å²) >= 11 is 0. The van der Waals surface area contributed by atoms with Crippen molar-refractivity contribution in [1.29, 1.82) is 0 Å². The van der Waals surface area contributed by atoms with E-state index < -0.39 is 12.0 Å². The number of amides is 1. The molecule has 0 saturated heterocycles. The van der Waals surface area contributed by atoms with E-state index in [0.29, 0.717) is 25.2 Å². The Hall–Kier alpha value is -1.84. The summed E-state index contributed by atoms with van der Waals surface area (Å²) < 4.78 is 0. The molecule has 0 fully saturated rings. The molecule has 1 unspecified atom stereocenters. The number of rotatable bonds is 8. The highest BCUT2D eigenvalue weighted by Crippen LogP contribution is 2.07. The highest BCUT2D eigenvalue weighted by Gasteiger charge is 2.19. The van der Waals surface area contributed by atoms with Crippen LogP contribution in [0.4, 0.5) is 0 Å². The molecule has 0 aliphatic rings. The molecule has 0 aromatic heterocycles. The molecule has 0 spiro atoms.